The first-order valence-electron chi connectivity index (χ1n) is 7.70. The Morgan fingerprint density at radius 2 is 1.67 bits per heavy atom. The van der Waals surface area contributed by atoms with Crippen LogP contribution in [-0.4, -0.2) is 10.9 Å². The average molecular weight is 318 g/mol. The number of rotatable bonds is 4. The number of hydrogen-bond donors (Lipinski definition) is 1. The molecule has 0 saturated heterocycles. The molecule has 0 fully saturated rings. The lowest BCUT2D eigenvalue weighted by atomic mass is 10.2. The minimum atomic E-state index is -0.265. The molecule has 1 heterocycles. The molecule has 4 heteroatoms. The zero-order valence-electron chi connectivity index (χ0n) is 13.6. The third-order valence-electron chi connectivity index (χ3n) is 3.51. The molecule has 0 aliphatic heterocycles. The number of aromatic nitrogens is 1. The monoisotopic (exact) mass is 318 g/mol. The molecule has 2 aromatic carbocycles. The molecule has 0 unspecified atom stereocenters. The van der Waals surface area contributed by atoms with Gasteiger partial charge in [-0.1, -0.05) is 35.9 Å². The molecular weight excluding hydrogens is 300 g/mol. The van der Waals surface area contributed by atoms with Crippen molar-refractivity contribution in [3.8, 4) is 11.5 Å². The predicted octanol–water partition coefficient (Wildman–Crippen LogP) is 4.74. The SMILES string of the molecule is Cc1ccc(Oc2ccccc2NC(=O)c2cccc(C)n2)cc1. The van der Waals surface area contributed by atoms with E-state index in [-0.39, 0.29) is 5.91 Å². The maximum Gasteiger partial charge on any atom is 0.274 e. The second kappa shape index (κ2) is 6.96. The quantitative estimate of drug-likeness (QED) is 0.755. The van der Waals surface area contributed by atoms with Crippen molar-refractivity contribution in [3.63, 3.8) is 0 Å². The number of hydrogen-bond acceptors (Lipinski definition) is 3. The van der Waals surface area contributed by atoms with Crippen molar-refractivity contribution in [1.29, 1.82) is 0 Å². The number of pyridine rings is 1. The van der Waals surface area contributed by atoms with Crippen LogP contribution in [-0.2, 0) is 0 Å². The molecule has 0 saturated carbocycles. The van der Waals surface area contributed by atoms with E-state index in [0.29, 0.717) is 17.1 Å². The van der Waals surface area contributed by atoms with Crippen molar-refractivity contribution in [2.24, 2.45) is 0 Å². The fourth-order valence-electron chi connectivity index (χ4n) is 2.25. The van der Waals surface area contributed by atoms with Crippen LogP contribution in [0, 0.1) is 13.8 Å². The Balaban J connectivity index is 1.81. The molecule has 3 rings (SSSR count). The summed E-state index contributed by atoms with van der Waals surface area (Å²) in [4.78, 5) is 16.6. The number of nitrogens with zero attached hydrogens (tertiary/aromatic N) is 1. The molecule has 1 N–H and O–H groups in total. The Hall–Kier alpha value is -3.14. The van der Waals surface area contributed by atoms with E-state index in [2.05, 4.69) is 10.3 Å². The van der Waals surface area contributed by atoms with E-state index in [1.807, 2.05) is 68.4 Å². The van der Waals surface area contributed by atoms with Gasteiger partial charge in [-0.05, 0) is 50.2 Å². The molecule has 0 bridgehead atoms. The first kappa shape index (κ1) is 15.7. The van der Waals surface area contributed by atoms with Gasteiger partial charge in [0.25, 0.3) is 5.91 Å². The molecule has 24 heavy (non-hydrogen) atoms. The second-order valence-electron chi connectivity index (χ2n) is 5.53. The Labute approximate surface area is 141 Å². The summed E-state index contributed by atoms with van der Waals surface area (Å²) in [6.07, 6.45) is 0. The van der Waals surface area contributed by atoms with E-state index in [1.54, 1.807) is 12.1 Å². The van der Waals surface area contributed by atoms with Gasteiger partial charge in [-0.25, -0.2) is 4.98 Å². The van der Waals surface area contributed by atoms with E-state index in [9.17, 15) is 4.79 Å². The standard InChI is InChI=1S/C20H18N2O2/c1-14-10-12-16(13-11-14)24-19-9-4-3-7-17(19)22-20(23)18-8-5-6-15(2)21-18/h3-13H,1-2H3,(H,22,23). The predicted molar refractivity (Wildman–Crippen MR) is 94.6 cm³/mol. The molecule has 0 spiro atoms. The lowest BCUT2D eigenvalue weighted by Gasteiger charge is -2.12. The van der Waals surface area contributed by atoms with E-state index in [4.69, 9.17) is 4.74 Å². The number of benzene rings is 2. The largest absolute Gasteiger partial charge is 0.455 e. The van der Waals surface area contributed by atoms with Gasteiger partial charge in [-0.2, -0.15) is 0 Å². The van der Waals surface area contributed by atoms with Gasteiger partial charge in [0, 0.05) is 5.69 Å². The first-order valence-corrected chi connectivity index (χ1v) is 7.70. The first-order chi connectivity index (χ1) is 11.6. The maximum atomic E-state index is 12.4. The van der Waals surface area contributed by atoms with Gasteiger partial charge < -0.3 is 10.1 Å². The summed E-state index contributed by atoms with van der Waals surface area (Å²) in [5, 5.41) is 2.86. The number of anilines is 1. The van der Waals surface area contributed by atoms with Crippen molar-refractivity contribution < 1.29 is 9.53 Å². The number of amides is 1. The smallest absolute Gasteiger partial charge is 0.274 e. The number of aryl methyl sites for hydroxylation is 2. The number of para-hydroxylation sites is 2. The van der Waals surface area contributed by atoms with Gasteiger partial charge >= 0.3 is 0 Å². The highest BCUT2D eigenvalue weighted by Gasteiger charge is 2.11. The van der Waals surface area contributed by atoms with E-state index in [1.165, 1.54) is 0 Å². The number of carbonyl (C=O) groups excluding carboxylic acids is 1. The van der Waals surface area contributed by atoms with Crippen molar-refractivity contribution >= 4 is 11.6 Å². The van der Waals surface area contributed by atoms with Crippen LogP contribution in [0.3, 0.4) is 0 Å². The zero-order chi connectivity index (χ0) is 16.9. The molecule has 3 aromatic rings. The topological polar surface area (TPSA) is 51.2 Å². The van der Waals surface area contributed by atoms with Crippen molar-refractivity contribution in [2.45, 2.75) is 13.8 Å². The van der Waals surface area contributed by atoms with Gasteiger partial charge in [0.2, 0.25) is 0 Å². The lowest BCUT2D eigenvalue weighted by Crippen LogP contribution is -2.14. The minimum absolute atomic E-state index is 0.265. The van der Waals surface area contributed by atoms with Crippen LogP contribution in [0.1, 0.15) is 21.7 Å². The van der Waals surface area contributed by atoms with Crippen LogP contribution in [0.15, 0.2) is 66.7 Å². The van der Waals surface area contributed by atoms with Crippen LogP contribution in [0.25, 0.3) is 0 Å². The summed E-state index contributed by atoms with van der Waals surface area (Å²) >= 11 is 0. The third-order valence-corrected chi connectivity index (χ3v) is 3.51. The lowest BCUT2D eigenvalue weighted by molar-refractivity contribution is 0.102. The summed E-state index contributed by atoms with van der Waals surface area (Å²) in [6, 6.07) is 20.4. The number of carbonyl (C=O) groups is 1. The summed E-state index contributed by atoms with van der Waals surface area (Å²) in [5.74, 6) is 1.04. The summed E-state index contributed by atoms with van der Waals surface area (Å²) in [7, 11) is 0. The fraction of sp³-hybridized carbons (Fsp3) is 0.100. The number of nitrogens with one attached hydrogen (secondary N) is 1. The highest BCUT2D eigenvalue weighted by Crippen LogP contribution is 2.29. The van der Waals surface area contributed by atoms with Gasteiger partial charge in [-0.3, -0.25) is 4.79 Å². The van der Waals surface area contributed by atoms with E-state index >= 15 is 0 Å². The summed E-state index contributed by atoms with van der Waals surface area (Å²) < 4.78 is 5.89. The molecule has 1 amide bonds. The molecular formula is C20H18N2O2. The van der Waals surface area contributed by atoms with Crippen molar-refractivity contribution in [1.82, 2.24) is 4.98 Å². The van der Waals surface area contributed by atoms with Gasteiger partial charge in [-0.15, -0.1) is 0 Å². The Kier molecular flexibility index (Phi) is 4.57. The molecule has 1 aromatic heterocycles. The van der Waals surface area contributed by atoms with Gasteiger partial charge in [0.1, 0.15) is 11.4 Å². The highest BCUT2D eigenvalue weighted by atomic mass is 16.5. The second-order valence-corrected chi connectivity index (χ2v) is 5.53. The molecule has 0 atom stereocenters. The Morgan fingerprint density at radius 1 is 0.917 bits per heavy atom. The average Bonchev–Trinajstić information content (AvgIpc) is 2.58. The van der Waals surface area contributed by atoms with Crippen LogP contribution in [0.4, 0.5) is 5.69 Å². The van der Waals surface area contributed by atoms with Gasteiger partial charge in [0.15, 0.2) is 5.75 Å². The van der Waals surface area contributed by atoms with Crippen LogP contribution < -0.4 is 10.1 Å². The Bertz CT molecular complexity index is 858. The van der Waals surface area contributed by atoms with Gasteiger partial charge in [0.05, 0.1) is 5.69 Å². The summed E-state index contributed by atoms with van der Waals surface area (Å²) in [6.45, 7) is 3.87. The highest BCUT2D eigenvalue weighted by molar-refractivity contribution is 6.03. The normalized spacial score (nSPS) is 10.2. The molecule has 4 nitrogen and oxygen atoms in total. The number of ether oxygens (including phenoxy) is 1. The van der Waals surface area contributed by atoms with Crippen LogP contribution in [0.5, 0.6) is 11.5 Å². The molecule has 0 aliphatic carbocycles. The van der Waals surface area contributed by atoms with E-state index < -0.39 is 0 Å². The Morgan fingerprint density at radius 3 is 2.42 bits per heavy atom. The molecule has 0 aliphatic rings. The summed E-state index contributed by atoms with van der Waals surface area (Å²) in [5.41, 5.74) is 2.94. The maximum absolute atomic E-state index is 12.4. The fourth-order valence-corrected chi connectivity index (χ4v) is 2.25. The van der Waals surface area contributed by atoms with Crippen LogP contribution in [0.2, 0.25) is 0 Å². The molecule has 120 valence electrons. The minimum Gasteiger partial charge on any atom is -0.455 e. The zero-order valence-corrected chi connectivity index (χ0v) is 13.6. The third kappa shape index (κ3) is 3.79. The van der Waals surface area contributed by atoms with Crippen LogP contribution >= 0.6 is 0 Å². The van der Waals surface area contributed by atoms with Crippen molar-refractivity contribution in [2.75, 3.05) is 5.32 Å². The van der Waals surface area contributed by atoms with E-state index in [0.717, 1.165) is 17.0 Å². The van der Waals surface area contributed by atoms with Crippen molar-refractivity contribution in [3.05, 3.63) is 83.7 Å². The molecule has 0 radical (unpaired) electrons.